The largest absolute Gasteiger partial charge is 0.376 e. The molecule has 0 spiro atoms. The number of amides is 1. The minimum Gasteiger partial charge on any atom is -0.376 e. The number of nitrogens with one attached hydrogen (secondary N) is 1. The molecule has 0 aromatic heterocycles. The Morgan fingerprint density at radius 3 is 2.70 bits per heavy atom. The normalized spacial score (nSPS) is 15.2. The smallest absolute Gasteiger partial charge is 0.289 e. The lowest BCUT2D eigenvalue weighted by Crippen LogP contribution is -2.43. The second-order valence-electron chi connectivity index (χ2n) is 5.75. The average molecular weight is 340 g/mol. The molecule has 7 heteroatoms. The van der Waals surface area contributed by atoms with Gasteiger partial charge in [-0.3, -0.25) is 14.9 Å². The highest BCUT2D eigenvalue weighted by Crippen LogP contribution is 2.27. The zero-order chi connectivity index (χ0) is 16.8. The molecule has 1 saturated carbocycles. The van der Waals surface area contributed by atoms with Gasteiger partial charge < -0.3 is 10.2 Å². The number of carbonyl (C=O) groups excluding carboxylic acids is 1. The lowest BCUT2D eigenvalue weighted by molar-refractivity contribution is -0.384. The van der Waals surface area contributed by atoms with E-state index in [0.29, 0.717) is 18.3 Å². The van der Waals surface area contributed by atoms with E-state index in [1.165, 1.54) is 31.4 Å². The summed E-state index contributed by atoms with van der Waals surface area (Å²) >= 11 is 5.78. The standard InChI is InChI=1S/C16H22ClN3O3/c1-2-19(13-6-4-3-5-7-13)16(21)11-18-12-8-9-14(17)15(10-12)20(22)23/h8-10,13,18H,2-7,11H2,1H3. The zero-order valence-electron chi connectivity index (χ0n) is 13.3. The lowest BCUT2D eigenvalue weighted by Gasteiger charge is -2.33. The van der Waals surface area contributed by atoms with Gasteiger partial charge in [0.2, 0.25) is 5.91 Å². The van der Waals surface area contributed by atoms with Gasteiger partial charge in [-0.15, -0.1) is 0 Å². The molecule has 2 rings (SSSR count). The Labute approximate surface area is 141 Å². The lowest BCUT2D eigenvalue weighted by atomic mass is 9.94. The molecule has 23 heavy (non-hydrogen) atoms. The molecule has 0 unspecified atom stereocenters. The second-order valence-corrected chi connectivity index (χ2v) is 6.16. The molecule has 1 aromatic carbocycles. The molecule has 126 valence electrons. The van der Waals surface area contributed by atoms with E-state index in [-0.39, 0.29) is 23.2 Å². The molecule has 1 aromatic rings. The van der Waals surface area contributed by atoms with Crippen molar-refractivity contribution in [2.75, 3.05) is 18.4 Å². The van der Waals surface area contributed by atoms with Gasteiger partial charge in [-0.25, -0.2) is 0 Å². The summed E-state index contributed by atoms with van der Waals surface area (Å²) in [7, 11) is 0. The van der Waals surface area contributed by atoms with E-state index in [0.717, 1.165) is 12.8 Å². The third-order valence-corrected chi connectivity index (χ3v) is 4.58. The molecule has 0 atom stereocenters. The van der Waals surface area contributed by atoms with E-state index >= 15 is 0 Å². The number of benzene rings is 1. The Kier molecular flexibility index (Phi) is 6.21. The number of nitro benzene ring substituents is 1. The van der Waals surface area contributed by atoms with Gasteiger partial charge in [-0.05, 0) is 31.9 Å². The molecular weight excluding hydrogens is 318 g/mol. The highest BCUT2D eigenvalue weighted by Gasteiger charge is 2.23. The Morgan fingerprint density at radius 1 is 1.39 bits per heavy atom. The van der Waals surface area contributed by atoms with Crippen molar-refractivity contribution in [3.63, 3.8) is 0 Å². The summed E-state index contributed by atoms with van der Waals surface area (Å²) < 4.78 is 0. The van der Waals surface area contributed by atoms with Gasteiger partial charge >= 0.3 is 0 Å². The van der Waals surface area contributed by atoms with Crippen molar-refractivity contribution < 1.29 is 9.72 Å². The molecule has 0 bridgehead atoms. The van der Waals surface area contributed by atoms with Gasteiger partial charge in [0.25, 0.3) is 5.69 Å². The molecule has 0 heterocycles. The molecule has 1 aliphatic rings. The molecule has 1 fully saturated rings. The Morgan fingerprint density at radius 2 is 2.09 bits per heavy atom. The van der Waals surface area contributed by atoms with Crippen molar-refractivity contribution in [1.82, 2.24) is 4.90 Å². The number of rotatable bonds is 6. The molecule has 1 N–H and O–H groups in total. The summed E-state index contributed by atoms with van der Waals surface area (Å²) in [4.78, 5) is 24.7. The summed E-state index contributed by atoms with van der Waals surface area (Å²) in [5.74, 6) is 0.0250. The van der Waals surface area contributed by atoms with Crippen LogP contribution in [0.1, 0.15) is 39.0 Å². The van der Waals surface area contributed by atoms with Gasteiger partial charge in [-0.1, -0.05) is 30.9 Å². The van der Waals surface area contributed by atoms with Crippen molar-refractivity contribution in [1.29, 1.82) is 0 Å². The summed E-state index contributed by atoms with van der Waals surface area (Å²) in [5, 5.41) is 13.9. The van der Waals surface area contributed by atoms with E-state index < -0.39 is 4.92 Å². The molecule has 0 aliphatic heterocycles. The average Bonchev–Trinajstić information content (AvgIpc) is 2.55. The number of anilines is 1. The predicted octanol–water partition coefficient (Wildman–Crippen LogP) is 3.84. The summed E-state index contributed by atoms with van der Waals surface area (Å²) in [6.45, 7) is 2.80. The highest BCUT2D eigenvalue weighted by atomic mass is 35.5. The summed E-state index contributed by atoms with van der Waals surface area (Å²) in [6, 6.07) is 4.78. The zero-order valence-corrected chi connectivity index (χ0v) is 14.0. The number of nitro groups is 1. The minimum absolute atomic E-state index is 0.0250. The van der Waals surface area contributed by atoms with E-state index in [9.17, 15) is 14.9 Å². The molecule has 0 saturated heterocycles. The van der Waals surface area contributed by atoms with Crippen LogP contribution in [0.2, 0.25) is 5.02 Å². The van der Waals surface area contributed by atoms with Crippen molar-refractivity contribution in [2.45, 2.75) is 45.1 Å². The Hall–Kier alpha value is -1.82. The van der Waals surface area contributed by atoms with Crippen LogP contribution in [-0.4, -0.2) is 34.9 Å². The maximum Gasteiger partial charge on any atom is 0.289 e. The van der Waals surface area contributed by atoms with Crippen molar-refractivity contribution in [3.8, 4) is 0 Å². The van der Waals surface area contributed by atoms with Crippen LogP contribution in [-0.2, 0) is 4.79 Å². The number of carbonyl (C=O) groups is 1. The SMILES string of the molecule is CCN(C(=O)CNc1ccc(Cl)c([N+](=O)[O-])c1)C1CCCCC1. The first-order valence-corrected chi connectivity index (χ1v) is 8.38. The summed E-state index contributed by atoms with van der Waals surface area (Å²) in [6.07, 6.45) is 5.71. The molecular formula is C16H22ClN3O3. The van der Waals surface area contributed by atoms with Crippen LogP contribution < -0.4 is 5.32 Å². The van der Waals surface area contributed by atoms with Gasteiger partial charge in [0.1, 0.15) is 5.02 Å². The topological polar surface area (TPSA) is 75.5 Å². The second kappa shape index (κ2) is 8.15. The van der Waals surface area contributed by atoms with E-state index in [1.807, 2.05) is 11.8 Å². The highest BCUT2D eigenvalue weighted by molar-refractivity contribution is 6.32. The fraction of sp³-hybridized carbons (Fsp3) is 0.562. The number of nitrogens with zero attached hydrogens (tertiary/aromatic N) is 2. The van der Waals surface area contributed by atoms with Crippen LogP contribution in [0.3, 0.4) is 0 Å². The van der Waals surface area contributed by atoms with Crippen LogP contribution in [0.4, 0.5) is 11.4 Å². The molecule has 1 amide bonds. The third kappa shape index (κ3) is 4.58. The molecule has 6 nitrogen and oxygen atoms in total. The first-order valence-electron chi connectivity index (χ1n) is 8.00. The maximum atomic E-state index is 12.4. The Balaban J connectivity index is 1.97. The number of hydrogen-bond acceptors (Lipinski definition) is 4. The first-order chi connectivity index (χ1) is 11.0. The van der Waals surface area contributed by atoms with Crippen molar-refractivity contribution in [2.24, 2.45) is 0 Å². The van der Waals surface area contributed by atoms with E-state index in [2.05, 4.69) is 5.32 Å². The quantitative estimate of drug-likeness (QED) is 0.631. The monoisotopic (exact) mass is 339 g/mol. The van der Waals surface area contributed by atoms with Gasteiger partial charge in [0, 0.05) is 24.3 Å². The van der Waals surface area contributed by atoms with Crippen LogP contribution in [0, 0.1) is 10.1 Å². The number of halogens is 1. The van der Waals surface area contributed by atoms with Crippen LogP contribution >= 0.6 is 11.6 Å². The van der Waals surface area contributed by atoms with E-state index in [1.54, 1.807) is 6.07 Å². The maximum absolute atomic E-state index is 12.4. The fourth-order valence-corrected chi connectivity index (χ4v) is 3.26. The van der Waals surface area contributed by atoms with Gasteiger partial charge in [0.05, 0.1) is 11.5 Å². The van der Waals surface area contributed by atoms with Crippen molar-refractivity contribution >= 4 is 28.9 Å². The Bertz CT molecular complexity index is 574. The van der Waals surface area contributed by atoms with Crippen LogP contribution in [0.15, 0.2) is 18.2 Å². The van der Waals surface area contributed by atoms with Gasteiger partial charge in [-0.2, -0.15) is 0 Å². The van der Waals surface area contributed by atoms with E-state index in [4.69, 9.17) is 11.6 Å². The predicted molar refractivity (Wildman–Crippen MR) is 90.9 cm³/mol. The summed E-state index contributed by atoms with van der Waals surface area (Å²) in [5.41, 5.74) is 0.359. The van der Waals surface area contributed by atoms with Crippen LogP contribution in [0.25, 0.3) is 0 Å². The molecule has 1 aliphatic carbocycles. The van der Waals surface area contributed by atoms with Crippen LogP contribution in [0.5, 0.6) is 0 Å². The molecule has 0 radical (unpaired) electrons. The van der Waals surface area contributed by atoms with Gasteiger partial charge in [0.15, 0.2) is 0 Å². The third-order valence-electron chi connectivity index (χ3n) is 4.26. The van der Waals surface area contributed by atoms with Crippen molar-refractivity contribution in [3.05, 3.63) is 33.3 Å². The fourth-order valence-electron chi connectivity index (χ4n) is 3.07. The first kappa shape index (κ1) is 17.5. The number of likely N-dealkylation sites (N-methyl/N-ethyl adjacent to an activating group) is 1. The number of hydrogen-bond donors (Lipinski definition) is 1. The minimum atomic E-state index is -0.532.